The third-order valence-corrected chi connectivity index (χ3v) is 3.49. The van der Waals surface area contributed by atoms with Crippen LogP contribution in [0.4, 0.5) is 13.2 Å². The molecule has 0 saturated heterocycles. The van der Waals surface area contributed by atoms with E-state index in [4.69, 9.17) is 14.2 Å². The fraction of sp³-hybridized carbons (Fsp3) is 0.294. The Kier molecular flexibility index (Phi) is 5.98. The van der Waals surface area contributed by atoms with Crippen LogP contribution in [-0.4, -0.2) is 37.1 Å². The molecule has 0 spiro atoms. The van der Waals surface area contributed by atoms with Crippen LogP contribution in [-0.2, 0) is 20.4 Å². The number of hydrogen-bond donors (Lipinski definition) is 0. The molecule has 10 heteroatoms. The Morgan fingerprint density at radius 2 is 1.85 bits per heavy atom. The van der Waals surface area contributed by atoms with Crippen LogP contribution >= 0.6 is 0 Å². The number of hydrogen-bond acceptors (Lipinski definition) is 6. The van der Waals surface area contributed by atoms with Gasteiger partial charge in [-0.15, -0.1) is 0 Å². The number of nitrogens with zero attached hydrogens (tertiary/aromatic N) is 2. The van der Waals surface area contributed by atoms with Crippen molar-refractivity contribution in [3.8, 4) is 17.2 Å². The smallest absolute Gasteiger partial charge is 0.435 e. The van der Waals surface area contributed by atoms with Gasteiger partial charge < -0.3 is 18.9 Å². The van der Waals surface area contributed by atoms with Gasteiger partial charge in [0.1, 0.15) is 17.8 Å². The zero-order valence-corrected chi connectivity index (χ0v) is 15.0. The largest absolute Gasteiger partial charge is 0.500 e. The number of benzene rings is 1. The van der Waals surface area contributed by atoms with Gasteiger partial charge in [-0.25, -0.2) is 9.48 Å². The van der Waals surface area contributed by atoms with Crippen LogP contribution in [0.3, 0.4) is 0 Å². The van der Waals surface area contributed by atoms with Crippen molar-refractivity contribution in [2.45, 2.75) is 13.1 Å². The van der Waals surface area contributed by atoms with Gasteiger partial charge in [-0.2, -0.15) is 18.3 Å². The van der Waals surface area contributed by atoms with Crippen LogP contribution in [0.25, 0.3) is 5.69 Å². The van der Waals surface area contributed by atoms with Gasteiger partial charge in [-0.1, -0.05) is 0 Å². The van der Waals surface area contributed by atoms with Crippen LogP contribution in [0.15, 0.2) is 36.4 Å². The van der Waals surface area contributed by atoms with E-state index < -0.39 is 17.8 Å². The number of aromatic nitrogens is 2. The summed E-state index contributed by atoms with van der Waals surface area (Å²) in [5.74, 6) is -0.562. The van der Waals surface area contributed by atoms with Crippen LogP contribution in [0.1, 0.15) is 11.3 Å². The van der Waals surface area contributed by atoms with E-state index in [-0.39, 0.29) is 17.2 Å². The van der Waals surface area contributed by atoms with Gasteiger partial charge in [0.25, 0.3) is 0 Å². The maximum absolute atomic E-state index is 12.8. The molecule has 2 rings (SSSR count). The molecule has 0 saturated carbocycles. The molecular weight excluding hydrogens is 369 g/mol. The number of rotatable bonds is 6. The molecule has 0 amide bonds. The highest BCUT2D eigenvalue weighted by Gasteiger charge is 2.33. The van der Waals surface area contributed by atoms with Crippen molar-refractivity contribution in [3.63, 3.8) is 0 Å². The summed E-state index contributed by atoms with van der Waals surface area (Å²) >= 11 is 0. The predicted molar refractivity (Wildman–Crippen MR) is 87.6 cm³/mol. The molecule has 0 N–H and O–H groups in total. The first-order valence-electron chi connectivity index (χ1n) is 7.52. The van der Waals surface area contributed by atoms with Crippen molar-refractivity contribution in [2.24, 2.45) is 0 Å². The highest BCUT2D eigenvalue weighted by atomic mass is 19.4. The minimum absolute atomic E-state index is 0.155. The predicted octanol–water partition coefficient (Wildman–Crippen LogP) is 3.25. The first-order valence-corrected chi connectivity index (χ1v) is 7.52. The van der Waals surface area contributed by atoms with Crippen LogP contribution < -0.4 is 9.47 Å². The second kappa shape index (κ2) is 8.02. The zero-order chi connectivity index (χ0) is 20.2. The van der Waals surface area contributed by atoms with E-state index in [0.717, 1.165) is 23.2 Å². The summed E-state index contributed by atoms with van der Waals surface area (Å²) in [7, 11) is 3.88. The average molecular weight is 386 g/mol. The molecule has 27 heavy (non-hydrogen) atoms. The Hall–Kier alpha value is -3.17. The van der Waals surface area contributed by atoms with Gasteiger partial charge in [0, 0.05) is 23.9 Å². The second-order valence-corrected chi connectivity index (χ2v) is 5.23. The third kappa shape index (κ3) is 4.52. The van der Waals surface area contributed by atoms with Crippen molar-refractivity contribution in [1.82, 2.24) is 9.78 Å². The van der Waals surface area contributed by atoms with Crippen molar-refractivity contribution in [1.29, 1.82) is 0 Å². The first kappa shape index (κ1) is 20.1. The summed E-state index contributed by atoms with van der Waals surface area (Å²) < 4.78 is 59.6. The fourth-order valence-electron chi connectivity index (χ4n) is 2.16. The lowest BCUT2D eigenvalue weighted by Crippen LogP contribution is -2.12. The molecule has 0 atom stereocenters. The Labute approximate surface area is 152 Å². The van der Waals surface area contributed by atoms with Crippen LogP contribution in [0.2, 0.25) is 0 Å². The molecule has 7 nitrogen and oxygen atoms in total. The molecule has 0 unspecified atom stereocenters. The van der Waals surface area contributed by atoms with E-state index in [9.17, 15) is 18.0 Å². The van der Waals surface area contributed by atoms with Crippen molar-refractivity contribution in [3.05, 3.63) is 47.7 Å². The molecule has 0 bridgehead atoms. The van der Waals surface area contributed by atoms with Crippen molar-refractivity contribution >= 4 is 5.97 Å². The summed E-state index contributed by atoms with van der Waals surface area (Å²) in [6.45, 7) is 1.66. The van der Waals surface area contributed by atoms with Gasteiger partial charge in [-0.05, 0) is 13.0 Å². The molecule has 0 aliphatic heterocycles. The highest BCUT2D eigenvalue weighted by Crippen LogP contribution is 2.33. The number of carbonyl (C=O) groups excluding carboxylic acids is 1. The van der Waals surface area contributed by atoms with Crippen molar-refractivity contribution < 1.29 is 36.9 Å². The molecule has 1 aromatic heterocycles. The van der Waals surface area contributed by atoms with E-state index >= 15 is 0 Å². The summed E-state index contributed by atoms with van der Waals surface area (Å²) in [6.07, 6.45) is -2.37. The lowest BCUT2D eigenvalue weighted by Gasteiger charge is -2.15. The summed E-state index contributed by atoms with van der Waals surface area (Å²) in [5, 5.41) is 3.51. The van der Waals surface area contributed by atoms with E-state index in [0.29, 0.717) is 11.3 Å². The van der Waals surface area contributed by atoms with Gasteiger partial charge in [0.2, 0.25) is 5.76 Å². The third-order valence-electron chi connectivity index (χ3n) is 3.49. The Bertz CT molecular complexity index is 859. The van der Waals surface area contributed by atoms with Crippen molar-refractivity contribution in [2.75, 3.05) is 21.3 Å². The van der Waals surface area contributed by atoms with Crippen LogP contribution in [0, 0.1) is 6.92 Å². The van der Waals surface area contributed by atoms with E-state index in [2.05, 4.69) is 9.84 Å². The number of methoxy groups -OCH3 is 3. The highest BCUT2D eigenvalue weighted by molar-refractivity contribution is 5.86. The lowest BCUT2D eigenvalue weighted by molar-refractivity contribution is -0.141. The Morgan fingerprint density at radius 3 is 2.37 bits per heavy atom. The van der Waals surface area contributed by atoms with E-state index in [1.165, 1.54) is 33.5 Å². The van der Waals surface area contributed by atoms with Gasteiger partial charge >= 0.3 is 12.1 Å². The standard InChI is InChI=1S/C17H17F3N2O5/c1-10-12(25-3)7-11(22-6-5-15(21-22)17(18,19)20)8-13(10)27-14(9-24-2)16(23)26-4/h5-9H,1-4H3/b14-9-. The maximum atomic E-state index is 12.8. The molecule has 1 heterocycles. The molecule has 0 aliphatic rings. The Balaban J connectivity index is 2.50. The molecule has 146 valence electrons. The monoisotopic (exact) mass is 386 g/mol. The number of carbonyl (C=O) groups is 1. The number of alkyl halides is 3. The van der Waals surface area contributed by atoms with Gasteiger partial charge in [0.15, 0.2) is 5.69 Å². The quantitative estimate of drug-likeness (QED) is 0.431. The fourth-order valence-corrected chi connectivity index (χ4v) is 2.16. The summed E-state index contributed by atoms with van der Waals surface area (Å²) in [5.41, 5.74) is -0.293. The Morgan fingerprint density at radius 1 is 1.19 bits per heavy atom. The zero-order valence-electron chi connectivity index (χ0n) is 15.0. The number of esters is 1. The summed E-state index contributed by atoms with van der Waals surface area (Å²) in [6, 6.07) is 3.75. The number of halogens is 3. The normalized spacial score (nSPS) is 11.9. The SMILES string of the molecule is CO/C=C(\Oc1cc(-n2ccc(C(F)(F)F)n2)cc(OC)c1C)C(=O)OC. The maximum Gasteiger partial charge on any atom is 0.435 e. The molecule has 0 radical (unpaired) electrons. The average Bonchev–Trinajstić information content (AvgIpc) is 3.12. The second-order valence-electron chi connectivity index (χ2n) is 5.23. The number of ether oxygens (including phenoxy) is 4. The van der Waals surface area contributed by atoms with E-state index in [1.54, 1.807) is 6.92 Å². The molecular formula is C17H17F3N2O5. The van der Waals surface area contributed by atoms with Gasteiger partial charge in [0.05, 0.1) is 27.0 Å². The van der Waals surface area contributed by atoms with E-state index in [1.807, 2.05) is 0 Å². The van der Waals surface area contributed by atoms with Crippen LogP contribution in [0.5, 0.6) is 11.5 Å². The topological polar surface area (TPSA) is 71.8 Å². The first-order chi connectivity index (χ1) is 12.7. The molecule has 0 aliphatic carbocycles. The summed E-state index contributed by atoms with van der Waals surface area (Å²) in [4.78, 5) is 11.8. The molecule has 1 aromatic carbocycles. The lowest BCUT2D eigenvalue weighted by atomic mass is 10.1. The molecule has 0 fully saturated rings. The van der Waals surface area contributed by atoms with Gasteiger partial charge in [-0.3, -0.25) is 0 Å². The molecule has 2 aromatic rings. The minimum atomic E-state index is -4.57. The minimum Gasteiger partial charge on any atom is -0.500 e.